The second-order valence-electron chi connectivity index (χ2n) is 8.31. The summed E-state index contributed by atoms with van der Waals surface area (Å²) in [5.41, 5.74) is 4.16. The molecule has 0 aromatic heterocycles. The number of hydrogen-bond donors (Lipinski definition) is 1. The molecule has 1 aliphatic heterocycles. The number of ether oxygens (including phenoxy) is 3. The van der Waals surface area contributed by atoms with Crippen molar-refractivity contribution in [2.75, 3.05) is 13.7 Å². The van der Waals surface area contributed by atoms with Crippen molar-refractivity contribution in [3.63, 3.8) is 0 Å². The van der Waals surface area contributed by atoms with E-state index in [0.717, 1.165) is 29.7 Å². The Labute approximate surface area is 198 Å². The van der Waals surface area contributed by atoms with Crippen molar-refractivity contribution >= 4 is 11.8 Å². The summed E-state index contributed by atoms with van der Waals surface area (Å²) < 4.78 is 30.0. The maximum Gasteiger partial charge on any atom is 0.336 e. The Kier molecular flexibility index (Phi) is 7.01. The first kappa shape index (κ1) is 23.5. The number of methoxy groups -OCH3 is 1. The third-order valence-corrected chi connectivity index (χ3v) is 6.10. The topological polar surface area (TPSA) is 73.9 Å². The van der Waals surface area contributed by atoms with Crippen molar-refractivity contribution in [1.82, 2.24) is 5.32 Å². The van der Waals surface area contributed by atoms with Crippen LogP contribution in [0.1, 0.15) is 50.2 Å². The zero-order chi connectivity index (χ0) is 24.2. The van der Waals surface area contributed by atoms with Crippen LogP contribution in [0.4, 0.5) is 4.39 Å². The lowest BCUT2D eigenvalue weighted by molar-refractivity contribution is -0.138. The molecule has 1 heterocycles. The molecule has 0 saturated heterocycles. The molecule has 0 fully saturated rings. The number of carbonyl (C=O) groups is 2. The van der Waals surface area contributed by atoms with Crippen molar-refractivity contribution < 1.29 is 28.2 Å². The second-order valence-corrected chi connectivity index (χ2v) is 8.31. The van der Waals surface area contributed by atoms with E-state index in [9.17, 15) is 14.0 Å². The Bertz CT molecular complexity index is 1170. The van der Waals surface area contributed by atoms with Gasteiger partial charge < -0.3 is 19.5 Å². The van der Waals surface area contributed by atoms with Gasteiger partial charge in [-0.1, -0.05) is 18.2 Å². The summed E-state index contributed by atoms with van der Waals surface area (Å²) in [7, 11) is 1.54. The normalized spacial score (nSPS) is 17.8. The molecule has 1 N–H and O–H groups in total. The SMILES string of the molecule is CCOC(=O)C1=C(C)NC2=C(C(=O)CCC2)[C@H]1c1ccc(OCc2ccc(F)cc2)c(OC)c1. The van der Waals surface area contributed by atoms with E-state index in [1.54, 1.807) is 31.2 Å². The lowest BCUT2D eigenvalue weighted by Crippen LogP contribution is -2.34. The molecule has 2 aromatic rings. The molecule has 0 amide bonds. The molecule has 6 nitrogen and oxygen atoms in total. The number of esters is 1. The Morgan fingerprint density at radius 1 is 1.12 bits per heavy atom. The highest BCUT2D eigenvalue weighted by molar-refractivity contribution is 6.03. The molecule has 2 aliphatic rings. The van der Waals surface area contributed by atoms with Gasteiger partial charge in [0.1, 0.15) is 12.4 Å². The van der Waals surface area contributed by atoms with E-state index in [1.165, 1.54) is 19.2 Å². The molecule has 2 aromatic carbocycles. The molecular weight excluding hydrogens is 437 g/mol. The molecule has 1 aliphatic carbocycles. The van der Waals surface area contributed by atoms with Gasteiger partial charge in [-0.15, -0.1) is 0 Å². The molecule has 4 rings (SSSR count). The minimum atomic E-state index is -0.553. The Hall–Kier alpha value is -3.61. The van der Waals surface area contributed by atoms with Gasteiger partial charge in [-0.3, -0.25) is 4.79 Å². The van der Waals surface area contributed by atoms with E-state index < -0.39 is 11.9 Å². The summed E-state index contributed by atoms with van der Waals surface area (Å²) in [5.74, 6) is -0.291. The molecular formula is C27H28FNO5. The summed E-state index contributed by atoms with van der Waals surface area (Å²) in [4.78, 5) is 25.9. The summed E-state index contributed by atoms with van der Waals surface area (Å²) >= 11 is 0. The summed E-state index contributed by atoms with van der Waals surface area (Å²) in [6, 6.07) is 11.5. The maximum atomic E-state index is 13.2. The number of halogens is 1. The highest BCUT2D eigenvalue weighted by Gasteiger charge is 2.39. The van der Waals surface area contributed by atoms with Gasteiger partial charge in [0.25, 0.3) is 0 Å². The minimum absolute atomic E-state index is 0.0312. The van der Waals surface area contributed by atoms with Crippen LogP contribution in [0.5, 0.6) is 11.5 Å². The molecule has 0 radical (unpaired) electrons. The van der Waals surface area contributed by atoms with Gasteiger partial charge in [-0.2, -0.15) is 0 Å². The second kappa shape index (κ2) is 10.1. The Morgan fingerprint density at radius 3 is 2.59 bits per heavy atom. The molecule has 0 spiro atoms. The van der Waals surface area contributed by atoms with Crippen molar-refractivity contribution in [2.24, 2.45) is 0 Å². The summed E-state index contributed by atoms with van der Waals surface area (Å²) in [6.45, 7) is 4.07. The predicted molar refractivity (Wildman–Crippen MR) is 125 cm³/mol. The molecule has 1 atom stereocenters. The first-order valence-electron chi connectivity index (χ1n) is 11.4. The van der Waals surface area contributed by atoms with Crippen molar-refractivity contribution in [3.05, 3.63) is 81.9 Å². The van der Waals surface area contributed by atoms with Crippen LogP contribution in [0.15, 0.2) is 65.0 Å². The van der Waals surface area contributed by atoms with E-state index in [0.29, 0.717) is 34.8 Å². The fourth-order valence-corrected chi connectivity index (χ4v) is 4.52. The molecule has 0 saturated carbocycles. The zero-order valence-corrected chi connectivity index (χ0v) is 19.6. The lowest BCUT2D eigenvalue weighted by atomic mass is 9.75. The highest BCUT2D eigenvalue weighted by Crippen LogP contribution is 2.44. The fourth-order valence-electron chi connectivity index (χ4n) is 4.52. The summed E-state index contributed by atoms with van der Waals surface area (Å²) in [5, 5.41) is 3.28. The lowest BCUT2D eigenvalue weighted by Gasteiger charge is -2.34. The molecule has 7 heteroatoms. The van der Waals surface area contributed by atoms with E-state index in [1.807, 2.05) is 13.0 Å². The van der Waals surface area contributed by atoms with Gasteiger partial charge in [0.2, 0.25) is 0 Å². The van der Waals surface area contributed by atoms with Gasteiger partial charge in [-0.25, -0.2) is 9.18 Å². The predicted octanol–water partition coefficient (Wildman–Crippen LogP) is 4.94. The van der Waals surface area contributed by atoms with Crippen LogP contribution in [-0.4, -0.2) is 25.5 Å². The van der Waals surface area contributed by atoms with Crippen LogP contribution in [0.25, 0.3) is 0 Å². The first-order chi connectivity index (χ1) is 16.4. The zero-order valence-electron chi connectivity index (χ0n) is 19.6. The molecule has 178 valence electrons. The number of hydrogen-bond acceptors (Lipinski definition) is 6. The highest BCUT2D eigenvalue weighted by atomic mass is 19.1. The van der Waals surface area contributed by atoms with Crippen LogP contribution in [0, 0.1) is 5.82 Å². The number of ketones is 1. The molecule has 0 unspecified atom stereocenters. The van der Waals surface area contributed by atoms with E-state index in [-0.39, 0.29) is 24.8 Å². The number of dihydropyridines is 1. The standard InChI is InChI=1S/C27H28FNO5/c1-4-33-27(31)24-16(2)29-20-6-5-7-21(30)26(20)25(24)18-10-13-22(23(14-18)32-3)34-15-17-8-11-19(28)12-9-17/h8-14,25,29H,4-7,15H2,1-3H3/t25-/m0/s1. The number of rotatable bonds is 7. The van der Waals surface area contributed by atoms with Crippen LogP contribution in [-0.2, 0) is 20.9 Å². The Morgan fingerprint density at radius 2 is 1.88 bits per heavy atom. The van der Waals surface area contributed by atoms with Gasteiger partial charge in [-0.05, 0) is 62.1 Å². The average molecular weight is 466 g/mol. The average Bonchev–Trinajstić information content (AvgIpc) is 2.83. The minimum Gasteiger partial charge on any atom is -0.493 e. The van der Waals surface area contributed by atoms with Gasteiger partial charge >= 0.3 is 5.97 Å². The van der Waals surface area contributed by atoms with Crippen LogP contribution in [0.2, 0.25) is 0 Å². The largest absolute Gasteiger partial charge is 0.493 e. The summed E-state index contributed by atoms with van der Waals surface area (Å²) in [6.07, 6.45) is 1.97. The quantitative estimate of drug-likeness (QED) is 0.584. The smallest absolute Gasteiger partial charge is 0.336 e. The molecule has 34 heavy (non-hydrogen) atoms. The van der Waals surface area contributed by atoms with Gasteiger partial charge in [0.15, 0.2) is 17.3 Å². The monoisotopic (exact) mass is 465 g/mol. The maximum absolute atomic E-state index is 13.2. The number of allylic oxidation sites excluding steroid dienone is 3. The van der Waals surface area contributed by atoms with E-state index >= 15 is 0 Å². The first-order valence-corrected chi connectivity index (χ1v) is 11.4. The van der Waals surface area contributed by atoms with Crippen molar-refractivity contribution in [2.45, 2.75) is 45.6 Å². The third-order valence-electron chi connectivity index (χ3n) is 6.10. The number of carbonyl (C=O) groups excluding carboxylic acids is 2. The van der Waals surface area contributed by atoms with E-state index in [4.69, 9.17) is 14.2 Å². The fraction of sp³-hybridized carbons (Fsp3) is 0.333. The number of Topliss-reactive ketones (excluding diaryl/α,β-unsaturated/α-hetero) is 1. The van der Waals surface area contributed by atoms with E-state index in [2.05, 4.69) is 5.32 Å². The number of benzene rings is 2. The molecule has 0 bridgehead atoms. The number of nitrogens with one attached hydrogen (secondary N) is 1. The van der Waals surface area contributed by atoms with Crippen LogP contribution < -0.4 is 14.8 Å². The van der Waals surface area contributed by atoms with Crippen molar-refractivity contribution in [1.29, 1.82) is 0 Å². The van der Waals surface area contributed by atoms with Gasteiger partial charge in [0, 0.05) is 29.3 Å². The third kappa shape index (κ3) is 4.69. The van der Waals surface area contributed by atoms with Crippen LogP contribution in [0.3, 0.4) is 0 Å². The van der Waals surface area contributed by atoms with Crippen molar-refractivity contribution in [3.8, 4) is 11.5 Å². The van der Waals surface area contributed by atoms with Gasteiger partial charge in [0.05, 0.1) is 19.3 Å². The van der Waals surface area contributed by atoms with Crippen LogP contribution >= 0.6 is 0 Å². The Balaban J connectivity index is 1.71.